The van der Waals surface area contributed by atoms with Gasteiger partial charge < -0.3 is 9.84 Å². The van der Waals surface area contributed by atoms with Gasteiger partial charge in [-0.05, 0) is 25.3 Å². The molecule has 1 aromatic rings. The number of ether oxygens (including phenoxy) is 1. The minimum Gasteiger partial charge on any atom is -0.478 e. The zero-order valence-electron chi connectivity index (χ0n) is 16.6. The molecule has 1 N–H and O–H groups in total. The molecule has 0 saturated heterocycles. The summed E-state index contributed by atoms with van der Waals surface area (Å²) in [5, 5.41) is 9.75. The first-order valence-corrected chi connectivity index (χ1v) is 10.7. The van der Waals surface area contributed by atoms with Gasteiger partial charge in [0.1, 0.15) is 6.61 Å². The number of nitrogens with zero attached hydrogens (tertiary/aromatic N) is 1. The summed E-state index contributed by atoms with van der Waals surface area (Å²) >= 11 is 0. The van der Waals surface area contributed by atoms with Gasteiger partial charge in [0.25, 0.3) is 0 Å². The molecule has 1 heterocycles. The fraction of sp³-hybridized carbons (Fsp3) is 0.400. The van der Waals surface area contributed by atoms with Gasteiger partial charge in [0.2, 0.25) is 10.0 Å². The molecule has 1 aromatic carbocycles. The van der Waals surface area contributed by atoms with Gasteiger partial charge in [-0.25, -0.2) is 22.3 Å². The van der Waals surface area contributed by atoms with Gasteiger partial charge in [-0.2, -0.15) is 0 Å². The highest BCUT2D eigenvalue weighted by atomic mass is 32.2. The molecule has 0 spiro atoms. The minimum atomic E-state index is -3.83. The van der Waals surface area contributed by atoms with Crippen LogP contribution in [0.3, 0.4) is 0 Å². The molecule has 0 saturated carbocycles. The van der Waals surface area contributed by atoms with Crippen molar-refractivity contribution in [3.63, 3.8) is 0 Å². The molecule has 7 nitrogen and oxygen atoms in total. The fourth-order valence-electron chi connectivity index (χ4n) is 3.59. The van der Waals surface area contributed by atoms with Crippen LogP contribution in [0.25, 0.3) is 0 Å². The third-order valence-electron chi connectivity index (χ3n) is 4.67. The maximum Gasteiger partial charge on any atom is 0.336 e. The monoisotopic (exact) mass is 407 g/mol. The second-order valence-corrected chi connectivity index (χ2v) is 8.95. The van der Waals surface area contributed by atoms with Crippen molar-refractivity contribution in [2.45, 2.75) is 34.3 Å². The number of esters is 1. The van der Waals surface area contributed by atoms with Crippen LogP contribution in [0.4, 0.5) is 0 Å². The van der Waals surface area contributed by atoms with E-state index in [1.807, 2.05) is 18.2 Å². The van der Waals surface area contributed by atoms with Crippen molar-refractivity contribution in [2.24, 2.45) is 11.8 Å². The molecule has 2 rings (SSSR count). The lowest BCUT2D eigenvalue weighted by atomic mass is 9.78. The first-order chi connectivity index (χ1) is 13.0. The topological polar surface area (TPSA) is 101 Å². The summed E-state index contributed by atoms with van der Waals surface area (Å²) in [5.74, 6) is -3.01. The molecule has 0 bridgehead atoms. The van der Waals surface area contributed by atoms with Crippen LogP contribution >= 0.6 is 0 Å². The van der Waals surface area contributed by atoms with E-state index < -0.39 is 27.9 Å². The van der Waals surface area contributed by atoms with Gasteiger partial charge in [0.15, 0.2) is 0 Å². The van der Waals surface area contributed by atoms with Gasteiger partial charge in [0.05, 0.1) is 17.4 Å². The number of aliphatic carboxylic acids is 1. The zero-order valence-corrected chi connectivity index (χ0v) is 17.4. The first kappa shape index (κ1) is 21.7. The normalized spacial score (nSPS) is 17.9. The maximum absolute atomic E-state index is 12.9. The predicted octanol–water partition coefficient (Wildman–Crippen LogP) is 2.91. The third-order valence-corrected chi connectivity index (χ3v) is 5.88. The van der Waals surface area contributed by atoms with Crippen molar-refractivity contribution in [1.29, 1.82) is 0 Å². The van der Waals surface area contributed by atoms with Gasteiger partial charge in [-0.1, -0.05) is 44.2 Å². The second-order valence-electron chi connectivity index (χ2n) is 7.11. The van der Waals surface area contributed by atoms with E-state index in [2.05, 4.69) is 0 Å². The molecular weight excluding hydrogens is 382 g/mol. The SMILES string of the molecule is CC1=C(C(=O)O)C(C(C)C)C(C(=O)OCc2ccccc2)=C(C)N1S(C)(=O)=O. The number of carboxylic acids is 1. The van der Waals surface area contributed by atoms with E-state index in [-0.39, 0.29) is 35.1 Å². The minimum absolute atomic E-state index is 0.00520. The van der Waals surface area contributed by atoms with Crippen molar-refractivity contribution < 1.29 is 27.9 Å². The lowest BCUT2D eigenvalue weighted by Crippen LogP contribution is -2.39. The number of sulfonamides is 1. The number of allylic oxidation sites excluding steroid dienone is 2. The molecular formula is C20H25NO6S. The highest BCUT2D eigenvalue weighted by Gasteiger charge is 2.42. The largest absolute Gasteiger partial charge is 0.478 e. The first-order valence-electron chi connectivity index (χ1n) is 8.83. The van der Waals surface area contributed by atoms with Gasteiger partial charge in [-0.3, -0.25) is 0 Å². The highest BCUT2D eigenvalue weighted by molar-refractivity contribution is 7.88. The Morgan fingerprint density at radius 3 is 2.11 bits per heavy atom. The summed E-state index contributed by atoms with van der Waals surface area (Å²) in [4.78, 5) is 24.9. The molecule has 1 atom stereocenters. The van der Waals surface area contributed by atoms with Gasteiger partial charge >= 0.3 is 11.9 Å². The Kier molecular flexibility index (Phi) is 6.34. The van der Waals surface area contributed by atoms with E-state index in [1.54, 1.807) is 26.0 Å². The number of hydrogen-bond acceptors (Lipinski definition) is 5. The summed E-state index contributed by atoms with van der Waals surface area (Å²) in [6.45, 7) is 6.52. The zero-order chi connectivity index (χ0) is 21.2. The molecule has 0 aromatic heterocycles. The molecule has 1 aliphatic heterocycles. The highest BCUT2D eigenvalue weighted by Crippen LogP contribution is 2.41. The average Bonchev–Trinajstić information content (AvgIpc) is 2.58. The standard InChI is InChI=1S/C20H25NO6S/c1-12(2)16-17(19(22)23)13(3)21(28(5,25)26)14(4)18(16)20(24)27-11-15-9-7-6-8-10-15/h6-10,12,16H,11H2,1-5H3,(H,22,23). The van der Waals surface area contributed by atoms with E-state index in [0.717, 1.165) is 16.1 Å². The molecule has 0 amide bonds. The van der Waals surface area contributed by atoms with Crippen molar-refractivity contribution in [1.82, 2.24) is 4.31 Å². The summed E-state index contributed by atoms with van der Waals surface area (Å²) in [7, 11) is -3.83. The van der Waals surface area contributed by atoms with Crippen LogP contribution < -0.4 is 0 Å². The van der Waals surface area contributed by atoms with E-state index >= 15 is 0 Å². The van der Waals surface area contributed by atoms with Crippen LogP contribution in [-0.2, 0) is 31.0 Å². The number of carboxylic acid groups (broad SMARTS) is 1. The summed E-state index contributed by atoms with van der Waals surface area (Å²) < 4.78 is 30.9. The van der Waals surface area contributed by atoms with Crippen molar-refractivity contribution in [2.75, 3.05) is 6.26 Å². The van der Waals surface area contributed by atoms with Crippen LogP contribution in [0.15, 0.2) is 52.9 Å². The number of hydrogen-bond donors (Lipinski definition) is 1. The lowest BCUT2D eigenvalue weighted by molar-refractivity contribution is -0.141. The molecule has 8 heteroatoms. The molecule has 28 heavy (non-hydrogen) atoms. The van der Waals surface area contributed by atoms with Gasteiger partial charge in [0, 0.05) is 17.3 Å². The van der Waals surface area contributed by atoms with Gasteiger partial charge in [-0.15, -0.1) is 0 Å². The Morgan fingerprint density at radius 1 is 1.11 bits per heavy atom. The van der Waals surface area contributed by atoms with Crippen LogP contribution in [-0.4, -0.2) is 36.0 Å². The molecule has 152 valence electrons. The third kappa shape index (κ3) is 4.27. The van der Waals surface area contributed by atoms with Crippen LogP contribution in [0.1, 0.15) is 33.3 Å². The van der Waals surface area contributed by atoms with E-state index in [1.165, 1.54) is 13.8 Å². The quantitative estimate of drug-likeness (QED) is 0.728. The van der Waals surface area contributed by atoms with Crippen LogP contribution in [0.2, 0.25) is 0 Å². The summed E-state index contributed by atoms with van der Waals surface area (Å²) in [5.41, 5.74) is 0.973. The molecule has 1 unspecified atom stereocenters. The lowest BCUT2D eigenvalue weighted by Gasteiger charge is -2.37. The maximum atomic E-state index is 12.9. The Bertz CT molecular complexity index is 944. The molecule has 0 aliphatic carbocycles. The summed E-state index contributed by atoms with van der Waals surface area (Å²) in [6.07, 6.45) is 0.974. The van der Waals surface area contributed by atoms with Crippen LogP contribution in [0, 0.1) is 11.8 Å². The van der Waals surface area contributed by atoms with E-state index in [4.69, 9.17) is 4.74 Å². The predicted molar refractivity (Wildman–Crippen MR) is 104 cm³/mol. The smallest absolute Gasteiger partial charge is 0.336 e. The molecule has 1 aliphatic rings. The van der Waals surface area contributed by atoms with Crippen molar-refractivity contribution in [3.8, 4) is 0 Å². The number of benzene rings is 1. The Morgan fingerprint density at radius 2 is 1.64 bits per heavy atom. The Labute approximate surface area is 165 Å². The Hall–Kier alpha value is -2.61. The van der Waals surface area contributed by atoms with Crippen LogP contribution in [0.5, 0.6) is 0 Å². The summed E-state index contributed by atoms with van der Waals surface area (Å²) in [6, 6.07) is 9.05. The Balaban J connectivity index is 2.54. The fourth-order valence-corrected chi connectivity index (χ4v) is 4.78. The number of carbonyl (C=O) groups is 2. The second kappa shape index (κ2) is 8.18. The molecule has 0 radical (unpaired) electrons. The van der Waals surface area contributed by atoms with E-state index in [9.17, 15) is 23.1 Å². The number of carbonyl (C=O) groups excluding carboxylic acids is 1. The number of rotatable bonds is 6. The van der Waals surface area contributed by atoms with Crippen molar-refractivity contribution >= 4 is 22.0 Å². The van der Waals surface area contributed by atoms with E-state index in [0.29, 0.717) is 0 Å². The van der Waals surface area contributed by atoms with Crippen molar-refractivity contribution in [3.05, 3.63) is 58.4 Å². The molecule has 0 fully saturated rings. The average molecular weight is 407 g/mol.